The minimum absolute atomic E-state index is 0.00370. The summed E-state index contributed by atoms with van der Waals surface area (Å²) in [5.41, 5.74) is 1.27. The third kappa shape index (κ3) is 5.48. The van der Waals surface area contributed by atoms with Gasteiger partial charge in [-0.15, -0.1) is 0 Å². The summed E-state index contributed by atoms with van der Waals surface area (Å²) in [5, 5.41) is 2.89. The Morgan fingerprint density at radius 3 is 2.50 bits per heavy atom. The fraction of sp³-hybridized carbons (Fsp3) is 0.381. The predicted molar refractivity (Wildman–Crippen MR) is 100.0 cm³/mol. The highest BCUT2D eigenvalue weighted by atomic mass is 19.1. The Labute approximate surface area is 154 Å². The molecule has 5 heteroatoms. The number of carbonyl (C=O) groups is 1. The molecular formula is C21H26FNO3. The summed E-state index contributed by atoms with van der Waals surface area (Å²) in [4.78, 5) is 12.2. The summed E-state index contributed by atoms with van der Waals surface area (Å²) in [6.07, 6.45) is 0.00370. The largest absolute Gasteiger partial charge is 0.493 e. The summed E-state index contributed by atoms with van der Waals surface area (Å²) in [6, 6.07) is 11.6. The van der Waals surface area contributed by atoms with Gasteiger partial charge in [-0.3, -0.25) is 4.79 Å². The van der Waals surface area contributed by atoms with E-state index in [1.54, 1.807) is 25.3 Å². The van der Waals surface area contributed by atoms with Crippen molar-refractivity contribution in [1.29, 1.82) is 0 Å². The van der Waals surface area contributed by atoms with Gasteiger partial charge in [-0.2, -0.15) is 0 Å². The standard InChI is InChI=1S/C21H26FNO3/c1-14(2)13-26-19-10-9-16(11-20(19)25-4)15(3)23-21(24)12-17-7-5-6-8-18(17)22/h5-11,14-15H,12-13H2,1-4H3,(H,23,24). The van der Waals surface area contributed by atoms with Gasteiger partial charge < -0.3 is 14.8 Å². The number of rotatable bonds is 8. The van der Waals surface area contributed by atoms with Crippen molar-refractivity contribution in [2.45, 2.75) is 33.2 Å². The highest BCUT2D eigenvalue weighted by Gasteiger charge is 2.14. The molecule has 0 fully saturated rings. The molecule has 1 atom stereocenters. The third-order valence-corrected chi connectivity index (χ3v) is 3.95. The van der Waals surface area contributed by atoms with Crippen LogP contribution in [0, 0.1) is 11.7 Å². The molecule has 0 radical (unpaired) electrons. The van der Waals surface area contributed by atoms with E-state index in [0.29, 0.717) is 29.6 Å². The molecule has 1 unspecified atom stereocenters. The highest BCUT2D eigenvalue weighted by Crippen LogP contribution is 2.30. The van der Waals surface area contributed by atoms with Crippen LogP contribution < -0.4 is 14.8 Å². The minimum Gasteiger partial charge on any atom is -0.493 e. The SMILES string of the molecule is COc1cc(C(C)NC(=O)Cc2ccccc2F)ccc1OCC(C)C. The van der Waals surface area contributed by atoms with E-state index in [1.807, 2.05) is 25.1 Å². The topological polar surface area (TPSA) is 47.6 Å². The molecule has 26 heavy (non-hydrogen) atoms. The van der Waals surface area contributed by atoms with Crippen molar-refractivity contribution in [3.63, 3.8) is 0 Å². The zero-order valence-corrected chi connectivity index (χ0v) is 15.7. The first-order valence-electron chi connectivity index (χ1n) is 8.74. The number of nitrogens with one attached hydrogen (secondary N) is 1. The van der Waals surface area contributed by atoms with Crippen LogP contribution in [0.1, 0.15) is 37.9 Å². The van der Waals surface area contributed by atoms with Crippen LogP contribution in [0.25, 0.3) is 0 Å². The molecular weight excluding hydrogens is 333 g/mol. The number of carbonyl (C=O) groups excluding carboxylic acids is 1. The maximum Gasteiger partial charge on any atom is 0.225 e. The molecule has 1 N–H and O–H groups in total. The third-order valence-electron chi connectivity index (χ3n) is 3.95. The maximum atomic E-state index is 13.7. The van der Waals surface area contributed by atoms with Crippen LogP contribution in [-0.4, -0.2) is 19.6 Å². The van der Waals surface area contributed by atoms with Gasteiger partial charge in [-0.1, -0.05) is 38.1 Å². The van der Waals surface area contributed by atoms with E-state index in [9.17, 15) is 9.18 Å². The first kappa shape index (κ1) is 19.8. The predicted octanol–water partition coefficient (Wildman–Crippen LogP) is 4.29. The first-order chi connectivity index (χ1) is 12.4. The molecule has 0 saturated heterocycles. The molecule has 2 aromatic rings. The lowest BCUT2D eigenvalue weighted by atomic mass is 10.1. The summed E-state index contributed by atoms with van der Waals surface area (Å²) >= 11 is 0. The number of ether oxygens (including phenoxy) is 2. The summed E-state index contributed by atoms with van der Waals surface area (Å²) in [7, 11) is 1.59. The Balaban J connectivity index is 2.03. The van der Waals surface area contributed by atoms with E-state index in [0.717, 1.165) is 5.56 Å². The van der Waals surface area contributed by atoms with Gasteiger partial charge in [0.2, 0.25) is 5.91 Å². The lowest BCUT2D eigenvalue weighted by Crippen LogP contribution is -2.28. The Bertz CT molecular complexity index is 746. The average molecular weight is 359 g/mol. The minimum atomic E-state index is -0.372. The van der Waals surface area contributed by atoms with E-state index in [-0.39, 0.29) is 24.2 Å². The van der Waals surface area contributed by atoms with Gasteiger partial charge >= 0.3 is 0 Å². The van der Waals surface area contributed by atoms with E-state index in [4.69, 9.17) is 9.47 Å². The van der Waals surface area contributed by atoms with Gasteiger partial charge in [0, 0.05) is 0 Å². The molecule has 2 rings (SSSR count). The van der Waals surface area contributed by atoms with Gasteiger partial charge in [0.1, 0.15) is 5.82 Å². The van der Waals surface area contributed by atoms with Crippen molar-refractivity contribution in [3.8, 4) is 11.5 Å². The van der Waals surface area contributed by atoms with Crippen LogP contribution in [-0.2, 0) is 11.2 Å². The second-order valence-corrected chi connectivity index (χ2v) is 6.67. The molecule has 1 amide bonds. The number of hydrogen-bond acceptors (Lipinski definition) is 3. The van der Waals surface area contributed by atoms with E-state index in [1.165, 1.54) is 6.07 Å². The van der Waals surface area contributed by atoms with Crippen LogP contribution in [0.2, 0.25) is 0 Å². The molecule has 0 aliphatic carbocycles. The van der Waals surface area contributed by atoms with Gasteiger partial charge in [-0.25, -0.2) is 4.39 Å². The zero-order valence-electron chi connectivity index (χ0n) is 15.7. The number of halogens is 1. The quantitative estimate of drug-likeness (QED) is 0.765. The molecule has 4 nitrogen and oxygen atoms in total. The van der Waals surface area contributed by atoms with Crippen LogP contribution >= 0.6 is 0 Å². The zero-order chi connectivity index (χ0) is 19.1. The fourth-order valence-corrected chi connectivity index (χ4v) is 2.52. The van der Waals surface area contributed by atoms with Crippen molar-refractivity contribution in [2.75, 3.05) is 13.7 Å². The Morgan fingerprint density at radius 1 is 1.12 bits per heavy atom. The number of amides is 1. The Kier molecular flexibility index (Phi) is 7.01. The lowest BCUT2D eigenvalue weighted by Gasteiger charge is -2.18. The Morgan fingerprint density at radius 2 is 1.85 bits per heavy atom. The number of hydrogen-bond donors (Lipinski definition) is 1. The lowest BCUT2D eigenvalue weighted by molar-refractivity contribution is -0.121. The molecule has 0 aliphatic rings. The maximum absolute atomic E-state index is 13.7. The van der Waals surface area contributed by atoms with Crippen LogP contribution in [0.4, 0.5) is 4.39 Å². The van der Waals surface area contributed by atoms with Gasteiger partial charge in [0.15, 0.2) is 11.5 Å². The van der Waals surface area contributed by atoms with E-state index in [2.05, 4.69) is 19.2 Å². The molecule has 2 aromatic carbocycles. The number of methoxy groups -OCH3 is 1. The molecule has 140 valence electrons. The van der Waals surface area contributed by atoms with Gasteiger partial charge in [0.05, 0.1) is 26.2 Å². The Hall–Kier alpha value is -2.56. The smallest absolute Gasteiger partial charge is 0.225 e. The fourth-order valence-electron chi connectivity index (χ4n) is 2.52. The number of benzene rings is 2. The highest BCUT2D eigenvalue weighted by molar-refractivity contribution is 5.79. The summed E-state index contributed by atoms with van der Waals surface area (Å²) in [5.74, 6) is 1.11. The summed E-state index contributed by atoms with van der Waals surface area (Å²) in [6.45, 7) is 6.63. The van der Waals surface area contributed by atoms with Gasteiger partial charge in [0.25, 0.3) is 0 Å². The van der Waals surface area contributed by atoms with Crippen molar-refractivity contribution >= 4 is 5.91 Å². The van der Waals surface area contributed by atoms with Crippen molar-refractivity contribution in [2.24, 2.45) is 5.92 Å². The molecule has 0 saturated carbocycles. The molecule has 0 aliphatic heterocycles. The summed E-state index contributed by atoms with van der Waals surface area (Å²) < 4.78 is 24.8. The molecule has 0 heterocycles. The molecule has 0 aromatic heterocycles. The van der Waals surface area contributed by atoms with Crippen LogP contribution in [0.3, 0.4) is 0 Å². The second kappa shape index (κ2) is 9.22. The van der Waals surface area contributed by atoms with Crippen LogP contribution in [0.5, 0.6) is 11.5 Å². The first-order valence-corrected chi connectivity index (χ1v) is 8.74. The van der Waals surface area contributed by atoms with Crippen LogP contribution in [0.15, 0.2) is 42.5 Å². The van der Waals surface area contributed by atoms with Crippen molar-refractivity contribution in [1.82, 2.24) is 5.32 Å². The van der Waals surface area contributed by atoms with Gasteiger partial charge in [-0.05, 0) is 42.2 Å². The molecule has 0 spiro atoms. The monoisotopic (exact) mass is 359 g/mol. The van der Waals surface area contributed by atoms with Crippen molar-refractivity contribution in [3.05, 3.63) is 59.4 Å². The van der Waals surface area contributed by atoms with Crippen molar-refractivity contribution < 1.29 is 18.7 Å². The average Bonchev–Trinajstić information content (AvgIpc) is 2.61. The normalized spacial score (nSPS) is 11.9. The second-order valence-electron chi connectivity index (χ2n) is 6.67. The van der Waals surface area contributed by atoms with E-state index < -0.39 is 0 Å². The van der Waals surface area contributed by atoms with E-state index >= 15 is 0 Å². The molecule has 0 bridgehead atoms.